The molecule has 0 spiro atoms. The van der Waals surface area contributed by atoms with Crippen LogP contribution in [0, 0.1) is 18.6 Å². The van der Waals surface area contributed by atoms with Gasteiger partial charge < -0.3 is 4.42 Å². The Kier molecular flexibility index (Phi) is 4.59. The molecule has 6 nitrogen and oxygen atoms in total. The molecule has 2 N–H and O–H groups in total. The number of sulfonamides is 1. The first-order valence-corrected chi connectivity index (χ1v) is 9.43. The monoisotopic (exact) mass is 444 g/mol. The zero-order valence-corrected chi connectivity index (χ0v) is 15.6. The van der Waals surface area contributed by atoms with Crippen molar-refractivity contribution in [3.63, 3.8) is 0 Å². The second-order valence-electron chi connectivity index (χ2n) is 5.46. The number of oxazole rings is 1. The van der Waals surface area contributed by atoms with E-state index < -0.39 is 32.3 Å². The molecule has 10 heteroatoms. The van der Waals surface area contributed by atoms with Gasteiger partial charge in [0.15, 0.2) is 0 Å². The highest BCUT2D eigenvalue weighted by Crippen LogP contribution is 2.29. The Morgan fingerprint density at radius 3 is 2.46 bits per heavy atom. The average molecular weight is 445 g/mol. The lowest BCUT2D eigenvalue weighted by Crippen LogP contribution is -2.16. The summed E-state index contributed by atoms with van der Waals surface area (Å²) in [6.07, 6.45) is 0.963. The maximum atomic E-state index is 14.4. The van der Waals surface area contributed by atoms with Crippen LogP contribution in [0.3, 0.4) is 0 Å². The van der Waals surface area contributed by atoms with Crippen LogP contribution in [0.1, 0.15) is 5.56 Å². The Balaban J connectivity index is 2.26. The molecule has 1 heterocycles. The largest absolute Gasteiger partial charge is 0.424 e. The molecule has 0 aliphatic heterocycles. The van der Waals surface area contributed by atoms with E-state index in [9.17, 15) is 22.0 Å². The SMILES string of the molecule is Cc1ccc(-n2c(-c3cc(F)c(S(N)(=O)=O)cc3F)coc2=O)cc1Br. The molecule has 0 atom stereocenters. The van der Waals surface area contributed by atoms with Crippen molar-refractivity contribution in [2.75, 3.05) is 0 Å². The van der Waals surface area contributed by atoms with Crippen molar-refractivity contribution in [2.24, 2.45) is 5.14 Å². The van der Waals surface area contributed by atoms with Crippen LogP contribution < -0.4 is 10.9 Å². The summed E-state index contributed by atoms with van der Waals surface area (Å²) in [7, 11) is -4.44. The minimum atomic E-state index is -4.44. The summed E-state index contributed by atoms with van der Waals surface area (Å²) in [5, 5.41) is 4.86. The minimum absolute atomic E-state index is 0.0804. The summed E-state index contributed by atoms with van der Waals surface area (Å²) in [5.41, 5.74) is 0.828. The molecule has 0 saturated carbocycles. The standard InChI is InChI=1S/C16H11BrF2N2O4S/c1-8-2-3-9(4-11(8)17)21-14(7-25-16(21)22)10-5-13(19)15(6-12(10)18)26(20,23)24/h2-7H,1H3,(H2,20,23,24). The lowest BCUT2D eigenvalue weighted by atomic mass is 10.1. The predicted molar refractivity (Wildman–Crippen MR) is 93.5 cm³/mol. The molecule has 2 aromatic carbocycles. The quantitative estimate of drug-likeness (QED) is 0.671. The molecule has 1 aromatic heterocycles. The van der Waals surface area contributed by atoms with Crippen LogP contribution in [0.2, 0.25) is 0 Å². The van der Waals surface area contributed by atoms with Crippen molar-refractivity contribution in [1.82, 2.24) is 4.57 Å². The second-order valence-corrected chi connectivity index (χ2v) is 7.85. The summed E-state index contributed by atoms with van der Waals surface area (Å²) in [5.74, 6) is -3.13. The van der Waals surface area contributed by atoms with E-state index in [0.717, 1.165) is 16.4 Å². The van der Waals surface area contributed by atoms with Crippen LogP contribution in [0.15, 0.2) is 55.2 Å². The predicted octanol–water partition coefficient (Wildman–Crippen LogP) is 3.09. The molecule has 0 saturated heterocycles. The zero-order chi connectivity index (χ0) is 19.2. The highest BCUT2D eigenvalue weighted by molar-refractivity contribution is 9.10. The van der Waals surface area contributed by atoms with Crippen LogP contribution in [-0.4, -0.2) is 13.0 Å². The van der Waals surface area contributed by atoms with E-state index in [4.69, 9.17) is 9.56 Å². The Bertz CT molecular complexity index is 1190. The van der Waals surface area contributed by atoms with Gasteiger partial charge in [0.1, 0.15) is 22.8 Å². The summed E-state index contributed by atoms with van der Waals surface area (Å²) in [4.78, 5) is 11.1. The zero-order valence-electron chi connectivity index (χ0n) is 13.2. The minimum Gasteiger partial charge on any atom is -0.415 e. The number of aromatic nitrogens is 1. The molecule has 3 rings (SSSR count). The number of benzene rings is 2. The van der Waals surface area contributed by atoms with E-state index in [-0.39, 0.29) is 11.3 Å². The van der Waals surface area contributed by atoms with Crippen molar-refractivity contribution < 1.29 is 21.6 Å². The highest BCUT2D eigenvalue weighted by atomic mass is 79.9. The molecule has 0 fully saturated rings. The molecule has 26 heavy (non-hydrogen) atoms. The number of nitrogens with zero attached hydrogens (tertiary/aromatic N) is 1. The van der Waals surface area contributed by atoms with Crippen molar-refractivity contribution in [3.8, 4) is 16.9 Å². The molecule has 136 valence electrons. The van der Waals surface area contributed by atoms with E-state index in [2.05, 4.69) is 15.9 Å². The Labute approximate surface area is 155 Å². The van der Waals surface area contributed by atoms with Crippen molar-refractivity contribution in [2.45, 2.75) is 11.8 Å². The molecule has 0 radical (unpaired) electrons. The first-order chi connectivity index (χ1) is 12.1. The Morgan fingerprint density at radius 1 is 1.15 bits per heavy atom. The number of aryl methyl sites for hydroxylation is 1. The van der Waals surface area contributed by atoms with Gasteiger partial charge in [0, 0.05) is 10.0 Å². The first kappa shape index (κ1) is 18.5. The van der Waals surface area contributed by atoms with E-state index in [1.807, 2.05) is 6.92 Å². The normalized spacial score (nSPS) is 11.7. The molecule has 3 aromatic rings. The first-order valence-electron chi connectivity index (χ1n) is 7.09. The summed E-state index contributed by atoms with van der Waals surface area (Å²) in [6.45, 7) is 1.84. The maximum absolute atomic E-state index is 14.4. The molecule has 0 unspecified atom stereocenters. The maximum Gasteiger partial charge on any atom is 0.424 e. The van der Waals surface area contributed by atoms with Crippen molar-refractivity contribution in [3.05, 3.63) is 68.8 Å². The summed E-state index contributed by atoms with van der Waals surface area (Å²) < 4.78 is 57.7. The number of primary sulfonamides is 1. The number of hydrogen-bond acceptors (Lipinski definition) is 4. The third kappa shape index (κ3) is 3.22. The van der Waals surface area contributed by atoms with Gasteiger partial charge in [0.25, 0.3) is 0 Å². The number of halogens is 3. The number of rotatable bonds is 3. The van der Waals surface area contributed by atoms with Crippen LogP contribution in [-0.2, 0) is 10.0 Å². The third-order valence-corrected chi connectivity index (χ3v) is 5.49. The van der Waals surface area contributed by atoms with Gasteiger partial charge in [-0.1, -0.05) is 22.0 Å². The third-order valence-electron chi connectivity index (χ3n) is 3.71. The molecular weight excluding hydrogens is 434 g/mol. The van der Waals surface area contributed by atoms with Gasteiger partial charge in [0.05, 0.1) is 11.4 Å². The van der Waals surface area contributed by atoms with Gasteiger partial charge >= 0.3 is 5.76 Å². The van der Waals surface area contributed by atoms with E-state index in [1.165, 1.54) is 0 Å². The van der Waals surface area contributed by atoms with Crippen LogP contribution in [0.25, 0.3) is 16.9 Å². The highest BCUT2D eigenvalue weighted by Gasteiger charge is 2.22. The molecule has 0 aliphatic carbocycles. The van der Waals surface area contributed by atoms with Gasteiger partial charge in [-0.15, -0.1) is 0 Å². The van der Waals surface area contributed by atoms with E-state index in [1.54, 1.807) is 18.2 Å². The Morgan fingerprint density at radius 2 is 1.85 bits per heavy atom. The lowest BCUT2D eigenvalue weighted by molar-refractivity contribution is 0.504. The van der Waals surface area contributed by atoms with Gasteiger partial charge in [-0.25, -0.2) is 31.7 Å². The smallest absolute Gasteiger partial charge is 0.415 e. The van der Waals surface area contributed by atoms with Gasteiger partial charge in [0.2, 0.25) is 10.0 Å². The molecule has 0 aliphatic rings. The van der Waals surface area contributed by atoms with E-state index >= 15 is 0 Å². The summed E-state index contributed by atoms with van der Waals surface area (Å²) >= 11 is 3.33. The van der Waals surface area contributed by atoms with Crippen LogP contribution in [0.5, 0.6) is 0 Å². The topological polar surface area (TPSA) is 95.3 Å². The lowest BCUT2D eigenvalue weighted by Gasteiger charge is -2.10. The summed E-state index contributed by atoms with van der Waals surface area (Å²) in [6, 6.07) is 6.06. The Hall–Kier alpha value is -2.30. The fourth-order valence-corrected chi connectivity index (χ4v) is 3.37. The van der Waals surface area contributed by atoms with Crippen LogP contribution >= 0.6 is 15.9 Å². The molecular formula is C16H11BrF2N2O4S. The number of nitrogens with two attached hydrogens (primary N) is 1. The fourth-order valence-electron chi connectivity index (χ4n) is 2.40. The van der Waals surface area contributed by atoms with Crippen molar-refractivity contribution in [1.29, 1.82) is 0 Å². The van der Waals surface area contributed by atoms with Crippen molar-refractivity contribution >= 4 is 26.0 Å². The van der Waals surface area contributed by atoms with Crippen LogP contribution in [0.4, 0.5) is 8.78 Å². The molecule has 0 bridgehead atoms. The van der Waals surface area contributed by atoms with Gasteiger partial charge in [-0.05, 0) is 36.8 Å². The van der Waals surface area contributed by atoms with E-state index in [0.29, 0.717) is 22.3 Å². The second kappa shape index (κ2) is 6.45. The fraction of sp³-hybridized carbons (Fsp3) is 0.0625. The number of hydrogen-bond donors (Lipinski definition) is 1. The van der Waals surface area contributed by atoms with Gasteiger partial charge in [-0.3, -0.25) is 0 Å². The average Bonchev–Trinajstić information content (AvgIpc) is 2.92. The molecule has 0 amide bonds. The van der Waals surface area contributed by atoms with Gasteiger partial charge in [-0.2, -0.15) is 0 Å².